The highest BCUT2D eigenvalue weighted by atomic mass is 28.3. The minimum atomic E-state index is 0.225. The first-order valence-electron chi connectivity index (χ1n) is 3.26. The standard InChI is InChI=1S/C6H14O2Si/c1-4-7-9-8-5-6(2)3/h6H,4-5H2,1-3H3. The zero-order valence-corrected chi connectivity index (χ0v) is 7.31. The molecule has 2 nitrogen and oxygen atoms in total. The predicted molar refractivity (Wildman–Crippen MR) is 38.2 cm³/mol. The summed E-state index contributed by atoms with van der Waals surface area (Å²) in [5, 5.41) is 0. The third-order valence-corrected chi connectivity index (χ3v) is 1.37. The molecule has 0 bridgehead atoms. The first kappa shape index (κ1) is 9.14. The van der Waals surface area contributed by atoms with Crippen LogP contribution in [0.1, 0.15) is 20.8 Å². The molecule has 0 aliphatic rings. The zero-order chi connectivity index (χ0) is 7.11. The molecule has 0 aliphatic heterocycles. The molecule has 0 heterocycles. The van der Waals surface area contributed by atoms with Crippen LogP contribution in [0.3, 0.4) is 0 Å². The van der Waals surface area contributed by atoms with Crippen molar-refractivity contribution in [3.05, 3.63) is 0 Å². The Bertz CT molecular complexity index is 57.0. The average Bonchev–Trinajstić information content (AvgIpc) is 1.80. The van der Waals surface area contributed by atoms with Gasteiger partial charge in [-0.1, -0.05) is 13.8 Å². The van der Waals surface area contributed by atoms with Gasteiger partial charge in [0, 0.05) is 13.2 Å². The van der Waals surface area contributed by atoms with Gasteiger partial charge in [-0.15, -0.1) is 0 Å². The van der Waals surface area contributed by atoms with Gasteiger partial charge in [-0.2, -0.15) is 0 Å². The van der Waals surface area contributed by atoms with Crippen molar-refractivity contribution in [3.63, 3.8) is 0 Å². The minimum absolute atomic E-state index is 0.225. The van der Waals surface area contributed by atoms with Crippen molar-refractivity contribution in [2.45, 2.75) is 20.8 Å². The summed E-state index contributed by atoms with van der Waals surface area (Å²) < 4.78 is 10.1. The maximum Gasteiger partial charge on any atom is 0.433 e. The number of rotatable bonds is 5. The van der Waals surface area contributed by atoms with E-state index in [-0.39, 0.29) is 10.0 Å². The maximum atomic E-state index is 5.14. The second-order valence-electron chi connectivity index (χ2n) is 2.22. The van der Waals surface area contributed by atoms with Gasteiger partial charge in [0.05, 0.1) is 0 Å². The van der Waals surface area contributed by atoms with Crippen LogP contribution in [0.15, 0.2) is 0 Å². The highest BCUT2D eigenvalue weighted by molar-refractivity contribution is 6.17. The molecular formula is C6H14O2Si. The Morgan fingerprint density at radius 1 is 1.33 bits per heavy atom. The van der Waals surface area contributed by atoms with Crippen LogP contribution in [-0.4, -0.2) is 23.2 Å². The summed E-state index contributed by atoms with van der Waals surface area (Å²) in [6, 6.07) is 0. The fraction of sp³-hybridized carbons (Fsp3) is 1.00. The topological polar surface area (TPSA) is 18.5 Å². The van der Waals surface area contributed by atoms with Crippen LogP contribution >= 0.6 is 0 Å². The zero-order valence-electron chi connectivity index (χ0n) is 6.31. The summed E-state index contributed by atoms with van der Waals surface area (Å²) in [6.45, 7) is 7.76. The van der Waals surface area contributed by atoms with Crippen LogP contribution in [0.2, 0.25) is 0 Å². The minimum Gasteiger partial charge on any atom is -0.393 e. The number of hydrogen-bond acceptors (Lipinski definition) is 2. The van der Waals surface area contributed by atoms with Gasteiger partial charge in [0.1, 0.15) is 0 Å². The Morgan fingerprint density at radius 2 is 2.00 bits per heavy atom. The van der Waals surface area contributed by atoms with E-state index in [0.29, 0.717) is 5.92 Å². The Balaban J connectivity index is 2.75. The van der Waals surface area contributed by atoms with Gasteiger partial charge in [0.2, 0.25) is 0 Å². The summed E-state index contributed by atoms with van der Waals surface area (Å²) in [5.41, 5.74) is 0. The average molecular weight is 146 g/mol. The van der Waals surface area contributed by atoms with Crippen LogP contribution in [-0.2, 0) is 8.85 Å². The number of hydrogen-bond donors (Lipinski definition) is 0. The van der Waals surface area contributed by atoms with E-state index >= 15 is 0 Å². The van der Waals surface area contributed by atoms with Gasteiger partial charge in [0.25, 0.3) is 0 Å². The Morgan fingerprint density at radius 3 is 2.44 bits per heavy atom. The van der Waals surface area contributed by atoms with Crippen molar-refractivity contribution >= 4 is 10.0 Å². The first-order valence-corrected chi connectivity index (χ1v) is 4.07. The van der Waals surface area contributed by atoms with E-state index < -0.39 is 0 Å². The van der Waals surface area contributed by atoms with Gasteiger partial charge < -0.3 is 8.85 Å². The second kappa shape index (κ2) is 6.26. The lowest BCUT2D eigenvalue weighted by Gasteiger charge is -2.03. The third kappa shape index (κ3) is 8.14. The van der Waals surface area contributed by atoms with Crippen LogP contribution < -0.4 is 0 Å². The summed E-state index contributed by atoms with van der Waals surface area (Å²) in [4.78, 5) is 0. The first-order chi connectivity index (χ1) is 4.27. The Hall–Kier alpha value is 0.137. The molecule has 0 unspecified atom stereocenters. The lowest BCUT2D eigenvalue weighted by Crippen LogP contribution is -2.08. The normalized spacial score (nSPS) is 10.7. The molecule has 0 aromatic rings. The fourth-order valence-corrected chi connectivity index (χ4v) is 0.904. The second-order valence-corrected chi connectivity index (χ2v) is 2.97. The Labute approximate surface area is 59.6 Å². The monoisotopic (exact) mass is 146 g/mol. The molecule has 2 radical (unpaired) electrons. The molecule has 0 saturated carbocycles. The van der Waals surface area contributed by atoms with Gasteiger partial charge >= 0.3 is 10.0 Å². The molecule has 0 rings (SSSR count). The molecule has 0 aromatic carbocycles. The SMILES string of the molecule is CCO[Si]OCC(C)C. The molecule has 0 amide bonds. The largest absolute Gasteiger partial charge is 0.433 e. The highest BCUT2D eigenvalue weighted by Crippen LogP contribution is 1.90. The van der Waals surface area contributed by atoms with Crippen LogP contribution in [0.4, 0.5) is 0 Å². The lowest BCUT2D eigenvalue weighted by atomic mass is 10.2. The van der Waals surface area contributed by atoms with E-state index in [1.54, 1.807) is 0 Å². The summed E-state index contributed by atoms with van der Waals surface area (Å²) in [6.07, 6.45) is 0. The van der Waals surface area contributed by atoms with E-state index in [2.05, 4.69) is 13.8 Å². The van der Waals surface area contributed by atoms with Crippen molar-refractivity contribution in [1.29, 1.82) is 0 Å². The molecule has 9 heavy (non-hydrogen) atoms. The van der Waals surface area contributed by atoms with E-state index in [1.165, 1.54) is 0 Å². The molecule has 54 valence electrons. The highest BCUT2D eigenvalue weighted by Gasteiger charge is 1.94. The van der Waals surface area contributed by atoms with Crippen molar-refractivity contribution in [1.82, 2.24) is 0 Å². The van der Waals surface area contributed by atoms with Crippen LogP contribution in [0, 0.1) is 5.92 Å². The third-order valence-electron chi connectivity index (χ3n) is 0.679. The summed E-state index contributed by atoms with van der Waals surface area (Å²) in [5.74, 6) is 0.609. The van der Waals surface area contributed by atoms with E-state index in [0.717, 1.165) is 13.2 Å². The van der Waals surface area contributed by atoms with Gasteiger partial charge in [-0.05, 0) is 12.8 Å². The smallest absolute Gasteiger partial charge is 0.393 e. The molecule has 0 N–H and O–H groups in total. The predicted octanol–water partition coefficient (Wildman–Crippen LogP) is 1.23. The fourth-order valence-electron chi connectivity index (χ4n) is 0.301. The molecule has 0 aliphatic carbocycles. The van der Waals surface area contributed by atoms with Crippen molar-refractivity contribution in [3.8, 4) is 0 Å². The molecule has 0 atom stereocenters. The van der Waals surface area contributed by atoms with E-state index in [9.17, 15) is 0 Å². The van der Waals surface area contributed by atoms with Crippen molar-refractivity contribution in [2.24, 2.45) is 5.92 Å². The molecular weight excluding hydrogens is 132 g/mol. The van der Waals surface area contributed by atoms with Crippen molar-refractivity contribution < 1.29 is 8.85 Å². The lowest BCUT2D eigenvalue weighted by molar-refractivity contribution is 0.208. The molecule has 3 heteroatoms. The van der Waals surface area contributed by atoms with Crippen molar-refractivity contribution in [2.75, 3.05) is 13.2 Å². The van der Waals surface area contributed by atoms with Gasteiger partial charge in [-0.3, -0.25) is 0 Å². The molecule has 0 aromatic heterocycles. The molecule has 0 fully saturated rings. The molecule has 0 saturated heterocycles. The van der Waals surface area contributed by atoms with E-state index in [1.807, 2.05) is 6.92 Å². The van der Waals surface area contributed by atoms with E-state index in [4.69, 9.17) is 8.85 Å². The maximum absolute atomic E-state index is 5.14. The van der Waals surface area contributed by atoms with Crippen LogP contribution in [0.25, 0.3) is 0 Å². The quantitative estimate of drug-likeness (QED) is 0.429. The van der Waals surface area contributed by atoms with Gasteiger partial charge in [-0.25, -0.2) is 0 Å². The summed E-state index contributed by atoms with van der Waals surface area (Å²) >= 11 is 0. The summed E-state index contributed by atoms with van der Waals surface area (Å²) in [7, 11) is 0.225. The van der Waals surface area contributed by atoms with Gasteiger partial charge in [0.15, 0.2) is 0 Å². The Kier molecular flexibility index (Phi) is 6.35. The molecule has 0 spiro atoms. The van der Waals surface area contributed by atoms with Crippen LogP contribution in [0.5, 0.6) is 0 Å².